The maximum absolute atomic E-state index is 14.7. The fraction of sp³-hybridized carbons (Fsp3) is 0.500. The van der Waals surface area contributed by atoms with Crippen LogP contribution in [0.25, 0.3) is 11.0 Å². The Balaban J connectivity index is 0.872. The third kappa shape index (κ3) is 8.80. The van der Waals surface area contributed by atoms with Gasteiger partial charge in [0, 0.05) is 74.9 Å². The lowest BCUT2D eigenvalue weighted by atomic mass is 9.59. The number of aromatic nitrogens is 2. The molecule has 7 heterocycles. The van der Waals surface area contributed by atoms with E-state index in [2.05, 4.69) is 67.8 Å². The van der Waals surface area contributed by atoms with Crippen molar-refractivity contribution in [2.75, 3.05) is 67.7 Å². The molecule has 3 atom stereocenters. The van der Waals surface area contributed by atoms with Crippen LogP contribution in [0.1, 0.15) is 105 Å². The fourth-order valence-corrected chi connectivity index (χ4v) is 13.2. The second-order valence-corrected chi connectivity index (χ2v) is 22.1. The third-order valence-electron chi connectivity index (χ3n) is 16.0. The number of nitro groups is 1. The molecular formula is C52H62N8O8S. The number of piperidine rings is 1. The minimum absolute atomic E-state index is 0.133. The fourth-order valence-electron chi connectivity index (χ4n) is 12.2. The summed E-state index contributed by atoms with van der Waals surface area (Å²) < 4.78 is 48.4. The number of likely N-dealkylation sites (tertiary alicyclic amines) is 1. The van der Waals surface area contributed by atoms with Crippen LogP contribution >= 0.6 is 0 Å². The van der Waals surface area contributed by atoms with E-state index in [0.717, 1.165) is 62.5 Å². The van der Waals surface area contributed by atoms with Crippen molar-refractivity contribution in [3.63, 3.8) is 0 Å². The van der Waals surface area contributed by atoms with Gasteiger partial charge in [0.2, 0.25) is 5.88 Å². The van der Waals surface area contributed by atoms with Crippen molar-refractivity contribution >= 4 is 55.4 Å². The standard InChI is InChI=1S/C52H62N8O8S/c1-33(2)39-6-3-4-7-40(39)43-8-5-20-58(43)37-29-52(30-37)17-21-57(22-18-52)36-9-11-41(45(27-36)59-44-16-25-67-32-48(44)68-51-47(59)26-35-13-19-53-49(35)55-51)50(61)56-69(64,65)38-10-12-42(46(28-38)60(62)63)54-31-34-14-23-66-24-15-34/h3-4,6-7,9-13,19,26-28,33-34,37,43-44,48,54H,5,8,14-18,20-25,29-32H2,1-2H3,(H,53,55)(H,56,61)/t43-,44+,48-/m0/s1. The predicted octanol–water partition coefficient (Wildman–Crippen LogP) is 8.83. The molecule has 2 aromatic heterocycles. The zero-order chi connectivity index (χ0) is 47.4. The first-order valence-corrected chi connectivity index (χ1v) is 26.3. The van der Waals surface area contributed by atoms with Gasteiger partial charge < -0.3 is 34.3 Å². The Bertz CT molecular complexity index is 2850. The van der Waals surface area contributed by atoms with Crippen molar-refractivity contribution in [1.82, 2.24) is 19.6 Å². The maximum atomic E-state index is 14.7. The summed E-state index contributed by atoms with van der Waals surface area (Å²) in [7, 11) is -4.59. The Hall–Kier alpha value is -5.75. The van der Waals surface area contributed by atoms with Crippen LogP contribution in [0.5, 0.6) is 5.88 Å². The lowest BCUT2D eigenvalue weighted by Crippen LogP contribution is -2.55. The predicted molar refractivity (Wildman–Crippen MR) is 264 cm³/mol. The molecular weight excluding hydrogens is 897 g/mol. The summed E-state index contributed by atoms with van der Waals surface area (Å²) in [6.07, 6.45) is 10.6. The summed E-state index contributed by atoms with van der Waals surface area (Å²) in [4.78, 5) is 41.3. The van der Waals surface area contributed by atoms with E-state index in [1.807, 2.05) is 30.5 Å². The molecule has 5 aliphatic heterocycles. The molecule has 1 saturated carbocycles. The lowest BCUT2D eigenvalue weighted by Gasteiger charge is -2.56. The summed E-state index contributed by atoms with van der Waals surface area (Å²) >= 11 is 0. The van der Waals surface area contributed by atoms with Gasteiger partial charge in [-0.25, -0.2) is 13.1 Å². The maximum Gasteiger partial charge on any atom is 0.293 e. The molecule has 1 amide bonds. The average molecular weight is 959 g/mol. The number of fused-ring (bicyclic) bond motifs is 3. The molecule has 364 valence electrons. The summed E-state index contributed by atoms with van der Waals surface area (Å²) in [5, 5.41) is 16.3. The van der Waals surface area contributed by atoms with Crippen LogP contribution in [-0.2, 0) is 19.5 Å². The molecule has 5 fully saturated rings. The average Bonchev–Trinajstić information content (AvgIpc) is 4.03. The summed E-state index contributed by atoms with van der Waals surface area (Å²) in [5.41, 5.74) is 5.98. The number of sulfonamides is 1. The molecule has 0 radical (unpaired) electrons. The number of nitro benzene ring substituents is 1. The van der Waals surface area contributed by atoms with Gasteiger partial charge in [-0.05, 0) is 135 Å². The number of nitrogens with zero attached hydrogens (tertiary/aromatic N) is 5. The van der Waals surface area contributed by atoms with E-state index in [9.17, 15) is 23.3 Å². The highest BCUT2D eigenvalue weighted by molar-refractivity contribution is 7.90. The number of H-pyrrole nitrogens is 1. The third-order valence-corrected chi connectivity index (χ3v) is 17.3. The summed E-state index contributed by atoms with van der Waals surface area (Å²) in [6.45, 7) is 10.00. The zero-order valence-corrected chi connectivity index (χ0v) is 40.2. The van der Waals surface area contributed by atoms with E-state index in [1.165, 1.54) is 48.9 Å². The molecule has 6 aliphatic rings. The van der Waals surface area contributed by atoms with Crippen molar-refractivity contribution in [3.05, 3.63) is 106 Å². The van der Waals surface area contributed by atoms with Crippen molar-refractivity contribution in [3.8, 4) is 5.88 Å². The van der Waals surface area contributed by atoms with Crippen LogP contribution in [0.15, 0.2) is 83.9 Å². The van der Waals surface area contributed by atoms with Crippen LogP contribution in [0.4, 0.5) is 28.4 Å². The zero-order valence-electron chi connectivity index (χ0n) is 39.4. The van der Waals surface area contributed by atoms with Gasteiger partial charge in [-0.3, -0.25) is 19.8 Å². The number of carbonyl (C=O) groups excluding carboxylic acids is 1. The quantitative estimate of drug-likeness (QED) is 0.0797. The van der Waals surface area contributed by atoms with E-state index in [0.29, 0.717) is 85.7 Å². The smallest absolute Gasteiger partial charge is 0.293 e. The number of rotatable bonds is 12. The number of benzene rings is 3. The first-order valence-electron chi connectivity index (χ1n) is 24.9. The Kier molecular flexibility index (Phi) is 12.3. The molecule has 17 heteroatoms. The van der Waals surface area contributed by atoms with Gasteiger partial charge in [0.1, 0.15) is 23.1 Å². The Morgan fingerprint density at radius 3 is 2.54 bits per heavy atom. The van der Waals surface area contributed by atoms with Crippen molar-refractivity contribution in [1.29, 1.82) is 0 Å². The van der Waals surface area contributed by atoms with Crippen molar-refractivity contribution < 1.29 is 32.3 Å². The van der Waals surface area contributed by atoms with Gasteiger partial charge in [-0.2, -0.15) is 4.98 Å². The molecule has 69 heavy (non-hydrogen) atoms. The van der Waals surface area contributed by atoms with Crippen LogP contribution in [-0.4, -0.2) is 105 Å². The van der Waals surface area contributed by atoms with Gasteiger partial charge >= 0.3 is 0 Å². The van der Waals surface area contributed by atoms with E-state index in [1.54, 1.807) is 6.07 Å². The number of amides is 1. The molecule has 3 aromatic carbocycles. The molecule has 1 spiro atoms. The monoisotopic (exact) mass is 958 g/mol. The Morgan fingerprint density at radius 2 is 1.74 bits per heavy atom. The SMILES string of the molecule is CC(C)c1ccccc1[C@@H]1CCCN1C1CC2(CCN(c3ccc(C(=O)NS(=O)(=O)c4ccc(NCC5CCOCC5)c([N+](=O)[O-])c4)c(N4c5cc6cc[nH]c6nc5O[C@H]5COCC[C@H]54)c3)CC2)C1. The number of anilines is 4. The molecule has 3 N–H and O–H groups in total. The van der Waals surface area contributed by atoms with E-state index in [-0.39, 0.29) is 23.2 Å². The Labute approximate surface area is 403 Å². The first kappa shape index (κ1) is 45.7. The number of carbonyl (C=O) groups is 1. The number of pyridine rings is 1. The highest BCUT2D eigenvalue weighted by Crippen LogP contribution is 2.55. The van der Waals surface area contributed by atoms with Gasteiger partial charge in [-0.15, -0.1) is 0 Å². The van der Waals surface area contributed by atoms with E-state index in [4.69, 9.17) is 19.2 Å². The Morgan fingerprint density at radius 1 is 0.942 bits per heavy atom. The highest BCUT2D eigenvalue weighted by Gasteiger charge is 2.50. The summed E-state index contributed by atoms with van der Waals surface area (Å²) in [5.74, 6) is 0.286. The molecule has 0 bridgehead atoms. The van der Waals surface area contributed by atoms with E-state index >= 15 is 0 Å². The number of nitrogens with one attached hydrogen (secondary N) is 3. The second kappa shape index (κ2) is 18.5. The lowest BCUT2D eigenvalue weighted by molar-refractivity contribution is -0.384. The van der Waals surface area contributed by atoms with Crippen LogP contribution in [0.2, 0.25) is 0 Å². The molecule has 0 unspecified atom stereocenters. The van der Waals surface area contributed by atoms with Crippen LogP contribution in [0, 0.1) is 21.4 Å². The highest BCUT2D eigenvalue weighted by atomic mass is 32.2. The minimum Gasteiger partial charge on any atom is -0.468 e. The molecule has 16 nitrogen and oxygen atoms in total. The molecule has 1 aliphatic carbocycles. The number of aromatic amines is 1. The number of hydrogen-bond donors (Lipinski definition) is 3. The number of ether oxygens (including phenoxy) is 3. The van der Waals surface area contributed by atoms with Gasteiger partial charge in [0.25, 0.3) is 21.6 Å². The molecule has 11 rings (SSSR count). The van der Waals surface area contributed by atoms with Crippen molar-refractivity contribution in [2.45, 2.75) is 107 Å². The van der Waals surface area contributed by atoms with Crippen LogP contribution < -0.4 is 24.6 Å². The minimum atomic E-state index is -4.59. The van der Waals surface area contributed by atoms with Gasteiger partial charge in [-0.1, -0.05) is 38.1 Å². The molecule has 5 aromatic rings. The normalized spacial score (nSPS) is 23.1. The van der Waals surface area contributed by atoms with Crippen molar-refractivity contribution in [2.24, 2.45) is 11.3 Å². The summed E-state index contributed by atoms with van der Waals surface area (Å²) in [6, 6.07) is 23.1. The number of hydrogen-bond acceptors (Lipinski definition) is 13. The second-order valence-electron chi connectivity index (χ2n) is 20.4. The molecule has 4 saturated heterocycles. The first-order chi connectivity index (χ1) is 33.4. The van der Waals surface area contributed by atoms with Crippen LogP contribution in [0.3, 0.4) is 0 Å². The largest absolute Gasteiger partial charge is 0.468 e. The van der Waals surface area contributed by atoms with Gasteiger partial charge in [0.15, 0.2) is 0 Å². The van der Waals surface area contributed by atoms with E-state index < -0.39 is 37.5 Å². The van der Waals surface area contributed by atoms with Gasteiger partial charge in [0.05, 0.1) is 33.7 Å². The topological polar surface area (TPSA) is 184 Å².